The number of carbonyl (C=O) groups is 1. The number of hydrogen-bond acceptors (Lipinski definition) is 7. The third kappa shape index (κ3) is 4.61. The first kappa shape index (κ1) is 19.7. The molecule has 1 aromatic heterocycles. The second-order valence-corrected chi connectivity index (χ2v) is 7.04. The van der Waals surface area contributed by atoms with E-state index in [-0.39, 0.29) is 11.7 Å². The number of aromatic nitrogens is 4. The number of carbonyl (C=O) groups excluding carboxylic acids is 1. The van der Waals surface area contributed by atoms with Gasteiger partial charge in [0.1, 0.15) is 11.5 Å². The number of methoxy groups -OCH3 is 2. The van der Waals surface area contributed by atoms with Gasteiger partial charge in [0.2, 0.25) is 11.1 Å². The smallest absolute Gasteiger partial charge is 0.234 e. The van der Waals surface area contributed by atoms with Crippen LogP contribution in [0, 0.1) is 13.8 Å². The number of amides is 1. The largest absolute Gasteiger partial charge is 0.497 e. The summed E-state index contributed by atoms with van der Waals surface area (Å²) in [6, 6.07) is 11.2. The molecule has 3 aromatic rings. The molecular formula is C19H21N5O3S. The monoisotopic (exact) mass is 399 g/mol. The van der Waals surface area contributed by atoms with E-state index in [1.807, 2.05) is 26.0 Å². The normalized spacial score (nSPS) is 10.6. The van der Waals surface area contributed by atoms with Crippen molar-refractivity contribution in [2.75, 3.05) is 25.3 Å². The third-order valence-corrected chi connectivity index (χ3v) is 4.91. The Morgan fingerprint density at radius 3 is 2.46 bits per heavy atom. The molecule has 0 spiro atoms. The summed E-state index contributed by atoms with van der Waals surface area (Å²) in [5.41, 5.74) is 3.70. The Labute approximate surface area is 167 Å². The molecule has 0 aliphatic rings. The molecule has 0 atom stereocenters. The van der Waals surface area contributed by atoms with Crippen LogP contribution in [0.4, 0.5) is 5.69 Å². The van der Waals surface area contributed by atoms with Crippen LogP contribution in [0.2, 0.25) is 0 Å². The maximum Gasteiger partial charge on any atom is 0.234 e. The molecule has 1 N–H and O–H groups in total. The minimum atomic E-state index is -0.185. The fourth-order valence-corrected chi connectivity index (χ4v) is 3.35. The van der Waals surface area contributed by atoms with Crippen molar-refractivity contribution in [3.05, 3.63) is 47.5 Å². The van der Waals surface area contributed by atoms with E-state index >= 15 is 0 Å². The van der Waals surface area contributed by atoms with Crippen LogP contribution in [0.5, 0.6) is 11.5 Å². The van der Waals surface area contributed by atoms with E-state index < -0.39 is 0 Å². The molecular weight excluding hydrogens is 378 g/mol. The molecule has 0 aliphatic heterocycles. The molecule has 0 saturated heterocycles. The second-order valence-electron chi connectivity index (χ2n) is 6.10. The lowest BCUT2D eigenvalue weighted by Crippen LogP contribution is -2.15. The summed E-state index contributed by atoms with van der Waals surface area (Å²) in [6.45, 7) is 4.03. The highest BCUT2D eigenvalue weighted by Gasteiger charge is 2.14. The Balaban J connectivity index is 1.69. The summed E-state index contributed by atoms with van der Waals surface area (Å²) in [6.07, 6.45) is 0. The van der Waals surface area contributed by atoms with Gasteiger partial charge in [-0.1, -0.05) is 29.5 Å². The first-order valence-electron chi connectivity index (χ1n) is 8.52. The zero-order chi connectivity index (χ0) is 20.1. The van der Waals surface area contributed by atoms with E-state index in [9.17, 15) is 4.79 Å². The molecule has 146 valence electrons. The number of thioether (sulfide) groups is 1. The third-order valence-electron chi connectivity index (χ3n) is 3.99. The van der Waals surface area contributed by atoms with Gasteiger partial charge in [-0.05, 0) is 35.9 Å². The molecule has 0 radical (unpaired) electrons. The van der Waals surface area contributed by atoms with Crippen LogP contribution in [-0.2, 0) is 4.79 Å². The topological polar surface area (TPSA) is 91.2 Å². The van der Waals surface area contributed by atoms with Gasteiger partial charge in [-0.3, -0.25) is 4.79 Å². The Bertz CT molecular complexity index is 967. The van der Waals surface area contributed by atoms with Crippen LogP contribution in [-0.4, -0.2) is 46.1 Å². The van der Waals surface area contributed by atoms with Crippen LogP contribution in [0.15, 0.2) is 41.6 Å². The predicted octanol–water partition coefficient (Wildman–Crippen LogP) is 3.03. The number of aryl methyl sites for hydroxylation is 2. The van der Waals surface area contributed by atoms with Gasteiger partial charge in [0.15, 0.2) is 0 Å². The Morgan fingerprint density at radius 1 is 1.11 bits per heavy atom. The summed E-state index contributed by atoms with van der Waals surface area (Å²) in [5, 5.41) is 15.2. The van der Waals surface area contributed by atoms with Crippen LogP contribution in [0.1, 0.15) is 11.1 Å². The van der Waals surface area contributed by atoms with Crippen molar-refractivity contribution >= 4 is 23.4 Å². The summed E-state index contributed by atoms with van der Waals surface area (Å²) >= 11 is 1.26. The highest BCUT2D eigenvalue weighted by Crippen LogP contribution is 2.26. The van der Waals surface area contributed by atoms with Crippen molar-refractivity contribution in [2.45, 2.75) is 19.0 Å². The summed E-state index contributed by atoms with van der Waals surface area (Å²) in [4.78, 5) is 12.4. The van der Waals surface area contributed by atoms with Gasteiger partial charge in [0, 0.05) is 23.9 Å². The van der Waals surface area contributed by atoms with Crippen molar-refractivity contribution in [1.29, 1.82) is 0 Å². The number of anilines is 1. The molecule has 0 unspecified atom stereocenters. The van der Waals surface area contributed by atoms with Crippen molar-refractivity contribution in [3.63, 3.8) is 0 Å². The van der Waals surface area contributed by atoms with E-state index in [0.29, 0.717) is 22.3 Å². The first-order valence-corrected chi connectivity index (χ1v) is 9.50. The van der Waals surface area contributed by atoms with E-state index in [1.54, 1.807) is 37.1 Å². The molecule has 0 bridgehead atoms. The Kier molecular flexibility index (Phi) is 6.15. The van der Waals surface area contributed by atoms with E-state index in [0.717, 1.165) is 16.8 Å². The average molecular weight is 399 g/mol. The molecule has 0 fully saturated rings. The van der Waals surface area contributed by atoms with Crippen LogP contribution in [0.25, 0.3) is 5.69 Å². The maximum absolute atomic E-state index is 12.4. The lowest BCUT2D eigenvalue weighted by atomic mass is 10.1. The zero-order valence-electron chi connectivity index (χ0n) is 16.1. The highest BCUT2D eigenvalue weighted by atomic mass is 32.2. The van der Waals surface area contributed by atoms with Gasteiger partial charge < -0.3 is 14.8 Å². The molecule has 2 aromatic carbocycles. The zero-order valence-corrected chi connectivity index (χ0v) is 16.9. The van der Waals surface area contributed by atoms with Crippen molar-refractivity contribution < 1.29 is 14.3 Å². The summed E-state index contributed by atoms with van der Waals surface area (Å²) in [5.74, 6) is 1.17. The van der Waals surface area contributed by atoms with Gasteiger partial charge in [-0.15, -0.1) is 5.10 Å². The van der Waals surface area contributed by atoms with E-state index in [1.165, 1.54) is 11.8 Å². The number of benzene rings is 2. The van der Waals surface area contributed by atoms with Crippen molar-refractivity contribution in [2.24, 2.45) is 0 Å². The molecule has 28 heavy (non-hydrogen) atoms. The van der Waals surface area contributed by atoms with Gasteiger partial charge in [0.25, 0.3) is 0 Å². The SMILES string of the molecule is COc1cc(NC(=O)CSc2nnnn2-c2ccc(C)cc2C)cc(OC)c1. The number of rotatable bonds is 7. The number of nitrogens with zero attached hydrogens (tertiary/aromatic N) is 4. The molecule has 9 heteroatoms. The van der Waals surface area contributed by atoms with Crippen LogP contribution < -0.4 is 14.8 Å². The van der Waals surface area contributed by atoms with Gasteiger partial charge in [-0.2, -0.15) is 4.68 Å². The van der Waals surface area contributed by atoms with Crippen LogP contribution in [0.3, 0.4) is 0 Å². The van der Waals surface area contributed by atoms with Gasteiger partial charge in [0.05, 0.1) is 25.7 Å². The van der Waals surface area contributed by atoms with Crippen molar-refractivity contribution in [3.8, 4) is 17.2 Å². The molecule has 1 amide bonds. The molecule has 0 aliphatic carbocycles. The Morgan fingerprint density at radius 2 is 1.82 bits per heavy atom. The van der Waals surface area contributed by atoms with Gasteiger partial charge in [-0.25, -0.2) is 0 Å². The molecule has 1 heterocycles. The second kappa shape index (κ2) is 8.75. The summed E-state index contributed by atoms with van der Waals surface area (Å²) < 4.78 is 12.1. The van der Waals surface area contributed by atoms with E-state index in [2.05, 4.69) is 26.9 Å². The minimum absolute atomic E-state index is 0.158. The lowest BCUT2D eigenvalue weighted by Gasteiger charge is -2.10. The highest BCUT2D eigenvalue weighted by molar-refractivity contribution is 7.99. The minimum Gasteiger partial charge on any atom is -0.497 e. The molecule has 8 nitrogen and oxygen atoms in total. The Hall–Kier alpha value is -3.07. The van der Waals surface area contributed by atoms with Crippen molar-refractivity contribution in [1.82, 2.24) is 20.2 Å². The number of ether oxygens (including phenoxy) is 2. The fraction of sp³-hybridized carbons (Fsp3) is 0.263. The average Bonchev–Trinajstić information content (AvgIpc) is 3.14. The molecule has 0 saturated carbocycles. The quantitative estimate of drug-likeness (QED) is 0.611. The van der Waals surface area contributed by atoms with Crippen LogP contribution >= 0.6 is 11.8 Å². The summed E-state index contributed by atoms with van der Waals surface area (Å²) in [7, 11) is 3.12. The van der Waals surface area contributed by atoms with Gasteiger partial charge >= 0.3 is 0 Å². The fourth-order valence-electron chi connectivity index (χ4n) is 2.67. The predicted molar refractivity (Wildman–Crippen MR) is 108 cm³/mol. The number of hydrogen-bond donors (Lipinski definition) is 1. The standard InChI is InChI=1S/C19H21N5O3S/c1-12-5-6-17(13(2)7-12)24-19(21-22-23-24)28-11-18(25)20-14-8-15(26-3)10-16(9-14)27-4/h5-10H,11H2,1-4H3,(H,20,25). The lowest BCUT2D eigenvalue weighted by molar-refractivity contribution is -0.113. The molecule has 3 rings (SSSR count). The first-order chi connectivity index (χ1) is 13.5. The number of tetrazole rings is 1. The maximum atomic E-state index is 12.4. The van der Waals surface area contributed by atoms with E-state index in [4.69, 9.17) is 9.47 Å². The number of nitrogens with one attached hydrogen (secondary N) is 1.